The topological polar surface area (TPSA) is 20.2 Å². The Morgan fingerprint density at radius 1 is 1.05 bits per heavy atom. The summed E-state index contributed by atoms with van der Waals surface area (Å²) in [6, 6.07) is 8.66. The van der Waals surface area contributed by atoms with Gasteiger partial charge in [0.05, 0.1) is 11.7 Å². The van der Waals surface area contributed by atoms with E-state index in [4.69, 9.17) is 0 Å². The number of aliphatic hydroxyl groups excluding tert-OH is 1. The number of benzene rings is 2. The van der Waals surface area contributed by atoms with E-state index >= 15 is 0 Å². The van der Waals surface area contributed by atoms with Crippen LogP contribution in [0.4, 0.5) is 17.6 Å². The minimum atomic E-state index is -4.37. The molecule has 1 atom stereocenters. The van der Waals surface area contributed by atoms with Gasteiger partial charge in [-0.25, -0.2) is 4.39 Å². The van der Waals surface area contributed by atoms with E-state index in [9.17, 15) is 22.7 Å². The van der Waals surface area contributed by atoms with Gasteiger partial charge in [-0.3, -0.25) is 0 Å². The zero-order valence-corrected chi connectivity index (χ0v) is 12.8. The molecule has 0 amide bonds. The van der Waals surface area contributed by atoms with Crippen molar-refractivity contribution < 1.29 is 22.7 Å². The van der Waals surface area contributed by atoms with Crippen LogP contribution in [0.25, 0.3) is 0 Å². The third-order valence-electron chi connectivity index (χ3n) is 3.03. The first-order valence-corrected chi connectivity index (χ1v) is 7.14. The molecule has 1 N–H and O–H groups in total. The van der Waals surface area contributed by atoms with Crippen molar-refractivity contribution in [3.05, 3.63) is 68.5 Å². The summed E-state index contributed by atoms with van der Waals surface area (Å²) in [7, 11) is 0. The van der Waals surface area contributed by atoms with E-state index in [1.807, 2.05) is 22.6 Å². The highest BCUT2D eigenvalue weighted by Gasteiger charge is 2.30. The van der Waals surface area contributed by atoms with Crippen molar-refractivity contribution in [2.24, 2.45) is 0 Å². The predicted octanol–water partition coefficient (Wildman–Crippen LogP) is 4.73. The molecular weight excluding hydrogens is 399 g/mol. The van der Waals surface area contributed by atoms with Crippen LogP contribution in [0.3, 0.4) is 0 Å². The van der Waals surface area contributed by atoms with Gasteiger partial charge < -0.3 is 5.11 Å². The molecule has 0 saturated heterocycles. The second-order valence-electron chi connectivity index (χ2n) is 4.58. The largest absolute Gasteiger partial charge is 0.416 e. The molecule has 6 heteroatoms. The minimum Gasteiger partial charge on any atom is -0.388 e. The molecule has 0 heterocycles. The Kier molecular flexibility index (Phi) is 4.88. The van der Waals surface area contributed by atoms with Crippen LogP contribution in [0.2, 0.25) is 0 Å². The summed E-state index contributed by atoms with van der Waals surface area (Å²) in [4.78, 5) is 0. The monoisotopic (exact) mass is 410 g/mol. The van der Waals surface area contributed by atoms with Crippen molar-refractivity contribution in [3.63, 3.8) is 0 Å². The van der Waals surface area contributed by atoms with Gasteiger partial charge in [-0.05, 0) is 58.0 Å². The summed E-state index contributed by atoms with van der Waals surface area (Å²) in [5, 5.41) is 10.1. The molecule has 0 saturated carbocycles. The van der Waals surface area contributed by atoms with Crippen LogP contribution in [-0.2, 0) is 12.6 Å². The maximum absolute atomic E-state index is 13.0. The van der Waals surface area contributed by atoms with Gasteiger partial charge in [-0.15, -0.1) is 0 Å². The maximum Gasteiger partial charge on any atom is 0.416 e. The van der Waals surface area contributed by atoms with Gasteiger partial charge in [0.2, 0.25) is 0 Å². The minimum absolute atomic E-state index is 0.166. The van der Waals surface area contributed by atoms with Gasteiger partial charge in [-0.2, -0.15) is 13.2 Å². The standard InChI is InChI=1S/C15H11F4IO/c16-11-5-6-12(13(20)8-11)14(21)7-9-1-3-10(4-2-9)15(17,18)19/h1-6,8,14,21H,7H2. The average Bonchev–Trinajstić information content (AvgIpc) is 2.38. The quantitative estimate of drug-likeness (QED) is 0.574. The summed E-state index contributed by atoms with van der Waals surface area (Å²) < 4.78 is 50.9. The smallest absolute Gasteiger partial charge is 0.388 e. The van der Waals surface area contributed by atoms with E-state index in [1.54, 1.807) is 0 Å². The summed E-state index contributed by atoms with van der Waals surface area (Å²) in [6.45, 7) is 0. The van der Waals surface area contributed by atoms with Crippen molar-refractivity contribution in [3.8, 4) is 0 Å². The van der Waals surface area contributed by atoms with Crippen LogP contribution in [0.1, 0.15) is 22.8 Å². The number of rotatable bonds is 3. The third-order valence-corrected chi connectivity index (χ3v) is 3.97. The van der Waals surface area contributed by atoms with Crippen molar-refractivity contribution >= 4 is 22.6 Å². The third kappa shape index (κ3) is 4.16. The molecule has 0 spiro atoms. The van der Waals surface area contributed by atoms with Gasteiger partial charge >= 0.3 is 6.18 Å². The lowest BCUT2D eigenvalue weighted by Crippen LogP contribution is -2.07. The van der Waals surface area contributed by atoms with E-state index in [0.29, 0.717) is 14.7 Å². The van der Waals surface area contributed by atoms with Gasteiger partial charge in [0.1, 0.15) is 5.82 Å². The molecule has 0 radical (unpaired) electrons. The van der Waals surface area contributed by atoms with E-state index in [1.165, 1.54) is 30.3 Å². The zero-order chi connectivity index (χ0) is 15.6. The van der Waals surface area contributed by atoms with Crippen molar-refractivity contribution in [1.29, 1.82) is 0 Å². The van der Waals surface area contributed by atoms with E-state index in [2.05, 4.69) is 0 Å². The van der Waals surface area contributed by atoms with Crippen LogP contribution in [0, 0.1) is 9.39 Å². The number of hydrogen-bond acceptors (Lipinski definition) is 1. The Balaban J connectivity index is 2.14. The van der Waals surface area contributed by atoms with E-state index in [0.717, 1.165) is 12.1 Å². The first-order valence-electron chi connectivity index (χ1n) is 6.06. The van der Waals surface area contributed by atoms with Crippen molar-refractivity contribution in [2.45, 2.75) is 18.7 Å². The first kappa shape index (κ1) is 16.2. The molecule has 0 aliphatic rings. The first-order chi connectivity index (χ1) is 9.77. The lowest BCUT2D eigenvalue weighted by Gasteiger charge is -2.14. The lowest BCUT2D eigenvalue weighted by molar-refractivity contribution is -0.137. The highest BCUT2D eigenvalue weighted by atomic mass is 127. The van der Waals surface area contributed by atoms with Gasteiger partial charge in [0.25, 0.3) is 0 Å². The Morgan fingerprint density at radius 3 is 2.19 bits per heavy atom. The molecule has 0 aliphatic carbocycles. The van der Waals surface area contributed by atoms with Crippen molar-refractivity contribution in [1.82, 2.24) is 0 Å². The molecule has 2 aromatic carbocycles. The molecule has 2 aromatic rings. The average molecular weight is 410 g/mol. The Bertz CT molecular complexity index is 623. The molecule has 0 aromatic heterocycles. The molecule has 21 heavy (non-hydrogen) atoms. The molecule has 0 fully saturated rings. The highest BCUT2D eigenvalue weighted by molar-refractivity contribution is 14.1. The zero-order valence-electron chi connectivity index (χ0n) is 10.7. The summed E-state index contributed by atoms with van der Waals surface area (Å²) >= 11 is 1.91. The molecular formula is C15H11F4IO. The van der Waals surface area contributed by atoms with Crippen LogP contribution < -0.4 is 0 Å². The normalized spacial score (nSPS) is 13.2. The van der Waals surface area contributed by atoms with Crippen LogP contribution in [-0.4, -0.2) is 5.11 Å². The molecule has 1 nitrogen and oxygen atoms in total. The predicted molar refractivity (Wildman–Crippen MR) is 79.2 cm³/mol. The number of halogens is 5. The van der Waals surface area contributed by atoms with Gasteiger partial charge in [0, 0.05) is 9.99 Å². The van der Waals surface area contributed by atoms with Gasteiger partial charge in [-0.1, -0.05) is 18.2 Å². The van der Waals surface area contributed by atoms with Crippen molar-refractivity contribution in [2.75, 3.05) is 0 Å². The fraction of sp³-hybridized carbons (Fsp3) is 0.200. The second kappa shape index (κ2) is 6.31. The molecule has 2 rings (SSSR count). The fourth-order valence-corrected chi connectivity index (χ4v) is 2.77. The number of hydrogen-bond donors (Lipinski definition) is 1. The summed E-state index contributed by atoms with van der Waals surface area (Å²) in [5.41, 5.74) is 0.407. The van der Waals surface area contributed by atoms with Crippen LogP contribution in [0.15, 0.2) is 42.5 Å². The number of aliphatic hydroxyl groups is 1. The SMILES string of the molecule is OC(Cc1ccc(C(F)(F)F)cc1)c1ccc(F)cc1I. The summed E-state index contributed by atoms with van der Waals surface area (Å²) in [5.74, 6) is -0.398. The molecule has 0 aliphatic heterocycles. The van der Waals surface area contributed by atoms with Crippen LogP contribution in [0.5, 0.6) is 0 Å². The van der Waals surface area contributed by atoms with E-state index in [-0.39, 0.29) is 6.42 Å². The van der Waals surface area contributed by atoms with Gasteiger partial charge in [0.15, 0.2) is 0 Å². The Labute approximate surface area is 132 Å². The fourth-order valence-electron chi connectivity index (χ4n) is 1.93. The summed E-state index contributed by atoms with van der Waals surface area (Å²) in [6.07, 6.45) is -5.10. The molecule has 1 unspecified atom stereocenters. The van der Waals surface area contributed by atoms with Crippen LogP contribution >= 0.6 is 22.6 Å². The molecule has 0 bridgehead atoms. The lowest BCUT2D eigenvalue weighted by atomic mass is 10.0. The molecule has 112 valence electrons. The Hall–Kier alpha value is -1.15. The second-order valence-corrected chi connectivity index (χ2v) is 5.74. The highest BCUT2D eigenvalue weighted by Crippen LogP contribution is 2.30. The number of alkyl halides is 3. The maximum atomic E-state index is 13.0. The van der Waals surface area contributed by atoms with E-state index < -0.39 is 23.7 Å². The Morgan fingerprint density at radius 2 is 1.67 bits per heavy atom.